The third-order valence-corrected chi connectivity index (χ3v) is 3.10. The number of hydrogen-bond acceptors (Lipinski definition) is 2. The zero-order chi connectivity index (χ0) is 14.4. The molecule has 1 aromatic rings. The van der Waals surface area contributed by atoms with Gasteiger partial charge in [-0.2, -0.15) is 0 Å². The van der Waals surface area contributed by atoms with E-state index in [0.717, 1.165) is 5.56 Å². The lowest BCUT2D eigenvalue weighted by Gasteiger charge is -2.12. The van der Waals surface area contributed by atoms with Crippen LogP contribution in [0, 0.1) is 20.8 Å². The van der Waals surface area contributed by atoms with Crippen LogP contribution >= 0.6 is 0 Å². The number of carboxylic acids is 1. The van der Waals surface area contributed by atoms with Crippen molar-refractivity contribution in [3.63, 3.8) is 0 Å². The molecule has 0 atom stereocenters. The first-order valence-corrected chi connectivity index (χ1v) is 6.45. The molecule has 0 radical (unpaired) electrons. The maximum atomic E-state index is 11.6. The minimum Gasteiger partial charge on any atom is -0.481 e. The fourth-order valence-corrected chi connectivity index (χ4v) is 2.16. The largest absolute Gasteiger partial charge is 0.481 e. The van der Waals surface area contributed by atoms with E-state index in [1.807, 2.05) is 20.8 Å². The van der Waals surface area contributed by atoms with Crippen LogP contribution in [0.4, 0.5) is 0 Å². The number of rotatable bonds is 6. The molecule has 104 valence electrons. The van der Waals surface area contributed by atoms with E-state index in [9.17, 15) is 9.59 Å². The van der Waals surface area contributed by atoms with Gasteiger partial charge in [0.15, 0.2) is 0 Å². The number of carbonyl (C=O) groups excluding carboxylic acids is 1. The molecule has 0 fully saturated rings. The number of aliphatic carboxylic acids is 1. The number of carboxylic acid groups (broad SMARTS) is 1. The third kappa shape index (κ3) is 5.12. The zero-order valence-electron chi connectivity index (χ0n) is 11.7. The quantitative estimate of drug-likeness (QED) is 0.828. The van der Waals surface area contributed by atoms with Crippen LogP contribution in [-0.4, -0.2) is 17.0 Å². The molecular formula is C15H21NO3. The molecule has 0 heterocycles. The van der Waals surface area contributed by atoms with E-state index in [1.165, 1.54) is 16.7 Å². The van der Waals surface area contributed by atoms with Gasteiger partial charge in [-0.1, -0.05) is 17.7 Å². The topological polar surface area (TPSA) is 66.4 Å². The number of hydrogen-bond donors (Lipinski definition) is 2. The van der Waals surface area contributed by atoms with Crippen LogP contribution < -0.4 is 5.32 Å². The summed E-state index contributed by atoms with van der Waals surface area (Å²) in [5, 5.41) is 11.3. The fourth-order valence-electron chi connectivity index (χ4n) is 2.16. The van der Waals surface area contributed by atoms with Crippen molar-refractivity contribution in [3.05, 3.63) is 34.4 Å². The smallest absolute Gasteiger partial charge is 0.303 e. The van der Waals surface area contributed by atoms with E-state index in [2.05, 4.69) is 17.4 Å². The molecule has 1 rings (SSSR count). The minimum absolute atomic E-state index is 0.0377. The predicted octanol–water partition coefficient (Wildman–Crippen LogP) is 2.48. The highest BCUT2D eigenvalue weighted by atomic mass is 16.4. The van der Waals surface area contributed by atoms with Crippen molar-refractivity contribution in [3.8, 4) is 0 Å². The first-order valence-electron chi connectivity index (χ1n) is 6.45. The monoisotopic (exact) mass is 263 g/mol. The average molecular weight is 263 g/mol. The lowest BCUT2D eigenvalue weighted by molar-refractivity contribution is -0.137. The van der Waals surface area contributed by atoms with Crippen molar-refractivity contribution in [1.29, 1.82) is 0 Å². The maximum Gasteiger partial charge on any atom is 0.303 e. The van der Waals surface area contributed by atoms with E-state index in [0.29, 0.717) is 13.0 Å². The molecule has 1 amide bonds. The molecule has 0 spiro atoms. The second-order valence-electron chi connectivity index (χ2n) is 4.90. The number of nitrogens with one attached hydrogen (secondary N) is 1. The van der Waals surface area contributed by atoms with Gasteiger partial charge in [0.1, 0.15) is 0 Å². The molecule has 0 saturated heterocycles. The Kier molecular flexibility index (Phi) is 5.55. The van der Waals surface area contributed by atoms with Crippen LogP contribution in [0.3, 0.4) is 0 Å². The van der Waals surface area contributed by atoms with Crippen molar-refractivity contribution in [2.75, 3.05) is 0 Å². The molecule has 1 aromatic carbocycles. The molecule has 0 aromatic heterocycles. The molecule has 4 heteroatoms. The summed E-state index contributed by atoms with van der Waals surface area (Å²) in [7, 11) is 0. The van der Waals surface area contributed by atoms with Gasteiger partial charge >= 0.3 is 5.97 Å². The summed E-state index contributed by atoms with van der Waals surface area (Å²) in [6.45, 7) is 6.62. The lowest BCUT2D eigenvalue weighted by Crippen LogP contribution is -2.23. The summed E-state index contributed by atoms with van der Waals surface area (Å²) < 4.78 is 0. The Balaban J connectivity index is 2.48. The second-order valence-corrected chi connectivity index (χ2v) is 4.90. The maximum absolute atomic E-state index is 11.6. The first-order chi connectivity index (χ1) is 8.90. The van der Waals surface area contributed by atoms with E-state index in [1.54, 1.807) is 0 Å². The van der Waals surface area contributed by atoms with Crippen LogP contribution in [0.25, 0.3) is 0 Å². The Morgan fingerprint density at radius 3 is 2.21 bits per heavy atom. The third-order valence-electron chi connectivity index (χ3n) is 3.10. The molecule has 2 N–H and O–H groups in total. The highest BCUT2D eigenvalue weighted by molar-refractivity contribution is 5.76. The van der Waals surface area contributed by atoms with Crippen LogP contribution in [0.1, 0.15) is 41.5 Å². The zero-order valence-corrected chi connectivity index (χ0v) is 11.7. The van der Waals surface area contributed by atoms with Crippen LogP contribution in [0.2, 0.25) is 0 Å². The number of carbonyl (C=O) groups is 2. The Morgan fingerprint density at radius 1 is 1.11 bits per heavy atom. The van der Waals surface area contributed by atoms with Crippen LogP contribution in [0.5, 0.6) is 0 Å². The van der Waals surface area contributed by atoms with Gasteiger partial charge in [0.2, 0.25) is 5.91 Å². The summed E-state index contributed by atoms with van der Waals surface area (Å²) in [5.74, 6) is -0.960. The molecule has 0 bridgehead atoms. The van der Waals surface area contributed by atoms with Crippen molar-refractivity contribution in [1.82, 2.24) is 5.32 Å². The van der Waals surface area contributed by atoms with Crippen molar-refractivity contribution < 1.29 is 14.7 Å². The van der Waals surface area contributed by atoms with Gasteiger partial charge in [0.05, 0.1) is 0 Å². The van der Waals surface area contributed by atoms with Gasteiger partial charge < -0.3 is 10.4 Å². The van der Waals surface area contributed by atoms with Gasteiger partial charge in [0, 0.05) is 19.4 Å². The van der Waals surface area contributed by atoms with Gasteiger partial charge in [-0.05, 0) is 43.9 Å². The molecular weight excluding hydrogens is 242 g/mol. The Bertz CT molecular complexity index is 457. The predicted molar refractivity (Wildman–Crippen MR) is 74.0 cm³/mol. The SMILES string of the molecule is Cc1cc(C)c(CNC(=O)CCCC(=O)O)c(C)c1. The van der Waals surface area contributed by atoms with E-state index >= 15 is 0 Å². The van der Waals surface area contributed by atoms with Crippen molar-refractivity contribution in [2.24, 2.45) is 0 Å². The Morgan fingerprint density at radius 2 is 1.68 bits per heavy atom. The molecule has 0 aliphatic rings. The summed E-state index contributed by atoms with van der Waals surface area (Å²) in [6, 6.07) is 4.19. The average Bonchev–Trinajstić information content (AvgIpc) is 2.26. The van der Waals surface area contributed by atoms with Gasteiger partial charge in [0.25, 0.3) is 0 Å². The highest BCUT2D eigenvalue weighted by Crippen LogP contribution is 2.16. The highest BCUT2D eigenvalue weighted by Gasteiger charge is 2.07. The van der Waals surface area contributed by atoms with Crippen molar-refractivity contribution >= 4 is 11.9 Å². The summed E-state index contributed by atoms with van der Waals surface area (Å²) in [4.78, 5) is 21.9. The van der Waals surface area contributed by atoms with Crippen LogP contribution in [-0.2, 0) is 16.1 Å². The Hall–Kier alpha value is -1.84. The molecule has 0 aliphatic heterocycles. The second kappa shape index (κ2) is 6.92. The standard InChI is InChI=1S/C15H21NO3/c1-10-7-11(2)13(12(3)8-10)9-16-14(17)5-4-6-15(18)19/h7-8H,4-6,9H2,1-3H3,(H,16,17)(H,18,19). The summed E-state index contributed by atoms with van der Waals surface area (Å²) in [6.07, 6.45) is 0.680. The van der Waals surface area contributed by atoms with Gasteiger partial charge in [-0.15, -0.1) is 0 Å². The lowest BCUT2D eigenvalue weighted by atomic mass is 10.00. The first kappa shape index (κ1) is 15.2. The van der Waals surface area contributed by atoms with E-state index in [4.69, 9.17) is 5.11 Å². The molecule has 19 heavy (non-hydrogen) atoms. The minimum atomic E-state index is -0.863. The number of amides is 1. The van der Waals surface area contributed by atoms with Crippen molar-refractivity contribution in [2.45, 2.75) is 46.6 Å². The number of aryl methyl sites for hydroxylation is 3. The van der Waals surface area contributed by atoms with Gasteiger partial charge in [-0.25, -0.2) is 0 Å². The van der Waals surface area contributed by atoms with Gasteiger partial charge in [-0.3, -0.25) is 9.59 Å². The summed E-state index contributed by atoms with van der Waals surface area (Å²) in [5.41, 5.74) is 4.69. The van der Waals surface area contributed by atoms with Crippen LogP contribution in [0.15, 0.2) is 12.1 Å². The molecule has 0 unspecified atom stereocenters. The number of benzene rings is 1. The molecule has 0 aliphatic carbocycles. The molecule has 4 nitrogen and oxygen atoms in total. The Labute approximate surface area is 113 Å². The van der Waals surface area contributed by atoms with E-state index < -0.39 is 5.97 Å². The summed E-state index contributed by atoms with van der Waals surface area (Å²) >= 11 is 0. The molecule has 0 saturated carbocycles. The fraction of sp³-hybridized carbons (Fsp3) is 0.467. The van der Waals surface area contributed by atoms with E-state index in [-0.39, 0.29) is 18.7 Å². The normalized spacial score (nSPS) is 10.3.